The molecular weight excluding hydrogens is 262 g/mol. The van der Waals surface area contributed by atoms with Crippen LogP contribution in [0.15, 0.2) is 12.3 Å². The van der Waals surface area contributed by atoms with E-state index in [4.69, 9.17) is 5.11 Å². The smallest absolute Gasteiger partial charge is 0.306 e. The highest BCUT2D eigenvalue weighted by molar-refractivity contribution is 5.70. The summed E-state index contributed by atoms with van der Waals surface area (Å²) in [5.41, 5.74) is 0.528. The molecule has 1 aliphatic rings. The molecule has 0 bridgehead atoms. The van der Waals surface area contributed by atoms with Gasteiger partial charge in [0, 0.05) is 11.6 Å². The number of anilines is 1. The largest absolute Gasteiger partial charge is 0.481 e. The average molecular weight is 279 g/mol. The molecule has 108 valence electrons. The van der Waals surface area contributed by atoms with Crippen molar-refractivity contribution in [2.45, 2.75) is 38.6 Å². The maximum Gasteiger partial charge on any atom is 0.306 e. The van der Waals surface area contributed by atoms with Gasteiger partial charge < -0.3 is 10.4 Å². The predicted octanol–water partition coefficient (Wildman–Crippen LogP) is 2.35. The Hall–Kier alpha value is -2.18. The van der Waals surface area contributed by atoms with Crippen LogP contribution in [0.5, 0.6) is 0 Å². The lowest BCUT2D eigenvalue weighted by Gasteiger charge is -2.27. The summed E-state index contributed by atoms with van der Waals surface area (Å²) in [5.74, 6) is -0.520. The molecule has 20 heavy (non-hydrogen) atoms. The molecule has 1 fully saturated rings. The zero-order valence-electron chi connectivity index (χ0n) is 11.2. The van der Waals surface area contributed by atoms with Gasteiger partial charge in [-0.3, -0.25) is 14.9 Å². The summed E-state index contributed by atoms with van der Waals surface area (Å²) in [6.07, 6.45) is 4.25. The molecule has 7 heteroatoms. The summed E-state index contributed by atoms with van der Waals surface area (Å²) in [4.78, 5) is 25.3. The topological polar surface area (TPSA) is 105 Å². The van der Waals surface area contributed by atoms with Crippen LogP contribution in [0.3, 0.4) is 0 Å². The Kier molecular flexibility index (Phi) is 4.16. The highest BCUT2D eigenvalue weighted by Gasteiger charge is 2.27. The van der Waals surface area contributed by atoms with Crippen LogP contribution >= 0.6 is 0 Å². The van der Waals surface area contributed by atoms with Gasteiger partial charge in [-0.1, -0.05) is 6.42 Å². The van der Waals surface area contributed by atoms with Crippen LogP contribution < -0.4 is 5.32 Å². The van der Waals surface area contributed by atoms with E-state index in [1.165, 1.54) is 6.20 Å². The molecule has 0 aliphatic heterocycles. The van der Waals surface area contributed by atoms with Crippen LogP contribution in [-0.2, 0) is 4.79 Å². The zero-order chi connectivity index (χ0) is 14.7. The van der Waals surface area contributed by atoms with Gasteiger partial charge in [-0.25, -0.2) is 4.98 Å². The van der Waals surface area contributed by atoms with Crippen molar-refractivity contribution < 1.29 is 14.8 Å². The summed E-state index contributed by atoms with van der Waals surface area (Å²) in [7, 11) is 0. The molecule has 1 aromatic heterocycles. The average Bonchev–Trinajstić information content (AvgIpc) is 2.38. The number of nitro groups is 1. The van der Waals surface area contributed by atoms with Gasteiger partial charge in [0.05, 0.1) is 10.8 Å². The van der Waals surface area contributed by atoms with Crippen molar-refractivity contribution in [1.29, 1.82) is 0 Å². The molecule has 0 radical (unpaired) electrons. The van der Waals surface area contributed by atoms with Gasteiger partial charge in [-0.05, 0) is 32.3 Å². The lowest BCUT2D eigenvalue weighted by molar-refractivity contribution is -0.385. The first kappa shape index (κ1) is 14.2. The number of aromatic nitrogens is 1. The van der Waals surface area contributed by atoms with E-state index in [1.807, 2.05) is 0 Å². The van der Waals surface area contributed by atoms with Crippen LogP contribution in [0.1, 0.15) is 31.2 Å². The van der Waals surface area contributed by atoms with Crippen LogP contribution in [0.4, 0.5) is 11.5 Å². The summed E-state index contributed by atoms with van der Waals surface area (Å²) in [6, 6.07) is 1.68. The third-order valence-electron chi connectivity index (χ3n) is 3.66. The lowest BCUT2D eigenvalue weighted by atomic mass is 9.86. The Morgan fingerprint density at radius 2 is 2.30 bits per heavy atom. The zero-order valence-corrected chi connectivity index (χ0v) is 11.2. The molecule has 2 atom stereocenters. The molecule has 2 rings (SSSR count). The SMILES string of the molecule is Cc1cc(NC2CCCC(C(=O)O)C2)ncc1[N+](=O)[O-]. The quantitative estimate of drug-likeness (QED) is 0.647. The highest BCUT2D eigenvalue weighted by atomic mass is 16.6. The number of aryl methyl sites for hydroxylation is 1. The molecule has 0 spiro atoms. The maximum absolute atomic E-state index is 11.0. The minimum Gasteiger partial charge on any atom is -0.481 e. The normalized spacial score (nSPS) is 22.2. The van der Waals surface area contributed by atoms with Crippen molar-refractivity contribution in [2.24, 2.45) is 5.92 Å². The second-order valence-electron chi connectivity index (χ2n) is 5.16. The molecule has 1 aliphatic carbocycles. The fourth-order valence-electron chi connectivity index (χ4n) is 2.57. The number of carboxylic acid groups (broad SMARTS) is 1. The van der Waals surface area contributed by atoms with Crippen molar-refractivity contribution in [3.63, 3.8) is 0 Å². The molecule has 1 heterocycles. The first-order chi connectivity index (χ1) is 9.47. The summed E-state index contributed by atoms with van der Waals surface area (Å²) in [6.45, 7) is 1.66. The van der Waals surface area contributed by atoms with E-state index in [0.717, 1.165) is 12.8 Å². The number of nitrogens with zero attached hydrogens (tertiary/aromatic N) is 2. The van der Waals surface area contributed by atoms with E-state index in [-0.39, 0.29) is 17.6 Å². The minimum absolute atomic E-state index is 0.0115. The number of hydrogen-bond donors (Lipinski definition) is 2. The summed E-state index contributed by atoms with van der Waals surface area (Å²) in [5, 5.41) is 22.9. The first-order valence-corrected chi connectivity index (χ1v) is 6.57. The fraction of sp³-hybridized carbons (Fsp3) is 0.538. The van der Waals surface area contributed by atoms with E-state index >= 15 is 0 Å². The number of hydrogen-bond acceptors (Lipinski definition) is 5. The molecule has 0 aromatic carbocycles. The molecule has 7 nitrogen and oxygen atoms in total. The maximum atomic E-state index is 11.0. The second-order valence-corrected chi connectivity index (χ2v) is 5.16. The Labute approximate surface area is 116 Å². The molecule has 0 amide bonds. The summed E-state index contributed by atoms with van der Waals surface area (Å²) >= 11 is 0. The second kappa shape index (κ2) is 5.85. The van der Waals surface area contributed by atoms with Crippen molar-refractivity contribution in [3.8, 4) is 0 Å². The third kappa shape index (κ3) is 3.23. The van der Waals surface area contributed by atoms with E-state index in [2.05, 4.69) is 10.3 Å². The standard InChI is InChI=1S/C13H17N3O4/c1-8-5-12(14-7-11(8)16(19)20)15-10-4-2-3-9(6-10)13(17)18/h5,7,9-10H,2-4,6H2,1H3,(H,14,15)(H,17,18). The molecule has 2 unspecified atom stereocenters. The Bertz CT molecular complexity index is 532. The van der Waals surface area contributed by atoms with Crippen LogP contribution in [0.2, 0.25) is 0 Å². The van der Waals surface area contributed by atoms with Gasteiger partial charge in [-0.15, -0.1) is 0 Å². The molecule has 1 saturated carbocycles. The Morgan fingerprint density at radius 3 is 2.90 bits per heavy atom. The molecular formula is C13H17N3O4. The fourth-order valence-corrected chi connectivity index (χ4v) is 2.57. The van der Waals surface area contributed by atoms with Crippen molar-refractivity contribution in [3.05, 3.63) is 27.9 Å². The van der Waals surface area contributed by atoms with Crippen molar-refractivity contribution in [2.75, 3.05) is 5.32 Å². The highest BCUT2D eigenvalue weighted by Crippen LogP contribution is 2.27. The first-order valence-electron chi connectivity index (χ1n) is 6.57. The van der Waals surface area contributed by atoms with Gasteiger partial charge in [-0.2, -0.15) is 0 Å². The monoisotopic (exact) mass is 279 g/mol. The van der Waals surface area contributed by atoms with Crippen LogP contribution in [-0.4, -0.2) is 27.0 Å². The van der Waals surface area contributed by atoms with Crippen LogP contribution in [0.25, 0.3) is 0 Å². The van der Waals surface area contributed by atoms with Gasteiger partial charge in [0.25, 0.3) is 5.69 Å². The van der Waals surface area contributed by atoms with Gasteiger partial charge in [0.1, 0.15) is 12.0 Å². The van der Waals surface area contributed by atoms with E-state index in [0.29, 0.717) is 24.2 Å². The number of carboxylic acids is 1. The van der Waals surface area contributed by atoms with E-state index < -0.39 is 10.9 Å². The van der Waals surface area contributed by atoms with Gasteiger partial charge in [0.15, 0.2) is 0 Å². The molecule has 1 aromatic rings. The lowest BCUT2D eigenvalue weighted by Crippen LogP contribution is -2.31. The Morgan fingerprint density at radius 1 is 1.55 bits per heavy atom. The molecule has 2 N–H and O–H groups in total. The third-order valence-corrected chi connectivity index (χ3v) is 3.66. The summed E-state index contributed by atoms with van der Waals surface area (Å²) < 4.78 is 0. The van der Waals surface area contributed by atoms with E-state index in [1.54, 1.807) is 13.0 Å². The number of pyridine rings is 1. The van der Waals surface area contributed by atoms with Crippen molar-refractivity contribution >= 4 is 17.5 Å². The van der Waals surface area contributed by atoms with Crippen molar-refractivity contribution in [1.82, 2.24) is 4.98 Å². The number of nitrogens with one attached hydrogen (secondary N) is 1. The number of rotatable bonds is 4. The Balaban J connectivity index is 2.04. The van der Waals surface area contributed by atoms with E-state index in [9.17, 15) is 14.9 Å². The van der Waals surface area contributed by atoms with Gasteiger partial charge >= 0.3 is 5.97 Å². The minimum atomic E-state index is -0.760. The number of carbonyl (C=O) groups is 1. The van der Waals surface area contributed by atoms with Gasteiger partial charge in [0.2, 0.25) is 0 Å². The van der Waals surface area contributed by atoms with Crippen LogP contribution in [0, 0.1) is 23.0 Å². The predicted molar refractivity (Wildman–Crippen MR) is 72.6 cm³/mol. The molecule has 0 saturated heterocycles. The number of aliphatic carboxylic acids is 1.